The third-order valence-corrected chi connectivity index (χ3v) is 2.74. The Morgan fingerprint density at radius 2 is 1.95 bits per heavy atom. The molecule has 0 heterocycles. The molecule has 0 unspecified atom stereocenters. The molecule has 0 aliphatic rings. The van der Waals surface area contributed by atoms with Crippen molar-refractivity contribution in [2.75, 3.05) is 7.11 Å². The van der Waals surface area contributed by atoms with Gasteiger partial charge >= 0.3 is 0 Å². The molecule has 3 nitrogen and oxygen atoms in total. The maximum Gasteiger partial charge on any atom is 0.153 e. The summed E-state index contributed by atoms with van der Waals surface area (Å²) in [5.41, 5.74) is 0.394. The Morgan fingerprint density at radius 3 is 2.60 bits per heavy atom. The first-order chi connectivity index (χ1) is 9.63. The zero-order chi connectivity index (χ0) is 14.5. The van der Waals surface area contributed by atoms with E-state index in [-0.39, 0.29) is 17.9 Å². The number of methoxy groups -OCH3 is 1. The Balaban J connectivity index is 2.14. The fourth-order valence-corrected chi connectivity index (χ4v) is 1.67. The summed E-state index contributed by atoms with van der Waals surface area (Å²) in [7, 11) is 1.44. The molecule has 0 aromatic heterocycles. The fourth-order valence-electron chi connectivity index (χ4n) is 1.67. The Kier molecular flexibility index (Phi) is 4.30. The molecule has 0 fully saturated rings. The van der Waals surface area contributed by atoms with Gasteiger partial charge in [-0.25, -0.2) is 8.78 Å². The van der Waals surface area contributed by atoms with Gasteiger partial charge in [0.2, 0.25) is 0 Å². The predicted octanol–water partition coefficient (Wildman–Crippen LogP) is 3.36. The van der Waals surface area contributed by atoms with Crippen molar-refractivity contribution in [1.29, 1.82) is 0 Å². The van der Waals surface area contributed by atoms with E-state index in [4.69, 9.17) is 9.47 Å². The van der Waals surface area contributed by atoms with E-state index in [9.17, 15) is 13.6 Å². The van der Waals surface area contributed by atoms with E-state index in [1.165, 1.54) is 31.4 Å². The van der Waals surface area contributed by atoms with E-state index in [0.717, 1.165) is 6.07 Å². The van der Waals surface area contributed by atoms with Crippen molar-refractivity contribution < 1.29 is 23.0 Å². The third kappa shape index (κ3) is 3.12. The van der Waals surface area contributed by atoms with Gasteiger partial charge in [0.25, 0.3) is 0 Å². The lowest BCUT2D eigenvalue weighted by molar-refractivity contribution is 0.111. The first-order valence-electron chi connectivity index (χ1n) is 5.84. The molecule has 0 spiro atoms. The van der Waals surface area contributed by atoms with E-state index < -0.39 is 11.6 Å². The van der Waals surface area contributed by atoms with Gasteiger partial charge in [0.1, 0.15) is 29.7 Å². The molecule has 2 aromatic carbocycles. The van der Waals surface area contributed by atoms with Crippen LogP contribution in [-0.2, 0) is 6.61 Å². The number of hydrogen-bond acceptors (Lipinski definition) is 3. The van der Waals surface area contributed by atoms with Gasteiger partial charge < -0.3 is 9.47 Å². The van der Waals surface area contributed by atoms with Crippen LogP contribution in [0.15, 0.2) is 36.4 Å². The summed E-state index contributed by atoms with van der Waals surface area (Å²) in [5, 5.41) is 0. The first kappa shape index (κ1) is 14.0. The molecule has 0 bridgehead atoms. The summed E-state index contributed by atoms with van der Waals surface area (Å²) in [6.45, 7) is -0.0672. The highest BCUT2D eigenvalue weighted by Crippen LogP contribution is 2.21. The molecule has 0 N–H and O–H groups in total. The molecule has 20 heavy (non-hydrogen) atoms. The van der Waals surface area contributed by atoms with Crippen molar-refractivity contribution in [1.82, 2.24) is 0 Å². The van der Waals surface area contributed by atoms with E-state index in [1.807, 2.05) is 0 Å². The predicted molar refractivity (Wildman–Crippen MR) is 69.1 cm³/mol. The second-order valence-electron chi connectivity index (χ2n) is 4.05. The summed E-state index contributed by atoms with van der Waals surface area (Å²) < 4.78 is 36.9. The maximum atomic E-state index is 13.7. The standard InChI is InChI=1S/C15H12F2O3/c1-19-13-4-2-10(14(17)7-13)9-20-15-5-3-12(16)6-11(15)8-18/h2-8H,9H2,1H3. The molecule has 0 atom stereocenters. The lowest BCUT2D eigenvalue weighted by Gasteiger charge is -2.10. The number of carbonyl (C=O) groups excluding carboxylic acids is 1. The number of aldehydes is 1. The van der Waals surface area contributed by atoms with E-state index in [2.05, 4.69) is 0 Å². The van der Waals surface area contributed by atoms with Crippen molar-refractivity contribution in [2.45, 2.75) is 6.61 Å². The van der Waals surface area contributed by atoms with E-state index in [1.54, 1.807) is 6.07 Å². The van der Waals surface area contributed by atoms with Crippen LogP contribution >= 0.6 is 0 Å². The molecule has 0 radical (unpaired) electrons. The minimum absolute atomic E-state index is 0.0672. The number of rotatable bonds is 5. The molecule has 5 heteroatoms. The largest absolute Gasteiger partial charge is 0.497 e. The van der Waals surface area contributed by atoms with Crippen LogP contribution in [0.3, 0.4) is 0 Å². The monoisotopic (exact) mass is 278 g/mol. The molecule has 2 aromatic rings. The van der Waals surface area contributed by atoms with Crippen molar-refractivity contribution in [3.8, 4) is 11.5 Å². The van der Waals surface area contributed by atoms with Crippen LogP contribution in [0, 0.1) is 11.6 Å². The van der Waals surface area contributed by atoms with Gasteiger partial charge in [0, 0.05) is 11.6 Å². The van der Waals surface area contributed by atoms with Gasteiger partial charge in [0.15, 0.2) is 6.29 Å². The van der Waals surface area contributed by atoms with Crippen molar-refractivity contribution in [3.05, 3.63) is 59.2 Å². The molecule has 2 rings (SSSR count). The molecule has 0 aliphatic carbocycles. The molecule has 0 saturated carbocycles. The summed E-state index contributed by atoms with van der Waals surface area (Å²) in [5.74, 6) is -0.396. The van der Waals surface area contributed by atoms with Crippen molar-refractivity contribution >= 4 is 6.29 Å². The van der Waals surface area contributed by atoms with Gasteiger partial charge in [0.05, 0.1) is 12.7 Å². The average molecular weight is 278 g/mol. The fraction of sp³-hybridized carbons (Fsp3) is 0.133. The highest BCUT2D eigenvalue weighted by molar-refractivity contribution is 5.79. The molecule has 0 aliphatic heterocycles. The van der Waals surface area contributed by atoms with Gasteiger partial charge in [-0.1, -0.05) is 0 Å². The molecule has 104 valence electrons. The van der Waals surface area contributed by atoms with Gasteiger partial charge in [-0.15, -0.1) is 0 Å². The van der Waals surface area contributed by atoms with Gasteiger partial charge in [-0.2, -0.15) is 0 Å². The first-order valence-corrected chi connectivity index (χ1v) is 5.84. The van der Waals surface area contributed by atoms with Gasteiger partial charge in [-0.3, -0.25) is 4.79 Å². The van der Waals surface area contributed by atoms with Crippen molar-refractivity contribution in [2.24, 2.45) is 0 Å². The zero-order valence-corrected chi connectivity index (χ0v) is 10.7. The second kappa shape index (κ2) is 6.14. The van der Waals surface area contributed by atoms with E-state index >= 15 is 0 Å². The minimum atomic E-state index is -0.532. The van der Waals surface area contributed by atoms with Crippen LogP contribution in [0.5, 0.6) is 11.5 Å². The number of halogens is 2. The van der Waals surface area contributed by atoms with Crippen LogP contribution in [0.25, 0.3) is 0 Å². The Hall–Kier alpha value is -2.43. The lowest BCUT2D eigenvalue weighted by atomic mass is 10.2. The summed E-state index contributed by atoms with van der Waals surface area (Å²) in [6.07, 6.45) is 0.489. The smallest absolute Gasteiger partial charge is 0.153 e. The van der Waals surface area contributed by atoms with E-state index in [0.29, 0.717) is 17.6 Å². The lowest BCUT2D eigenvalue weighted by Crippen LogP contribution is -2.01. The highest BCUT2D eigenvalue weighted by Gasteiger charge is 2.08. The quantitative estimate of drug-likeness (QED) is 0.787. The van der Waals surface area contributed by atoms with Crippen LogP contribution in [0.4, 0.5) is 8.78 Å². The normalized spacial score (nSPS) is 10.2. The number of carbonyl (C=O) groups is 1. The summed E-state index contributed by atoms with van der Waals surface area (Å²) in [4.78, 5) is 10.8. The average Bonchev–Trinajstić information content (AvgIpc) is 2.46. The third-order valence-electron chi connectivity index (χ3n) is 2.74. The van der Waals surface area contributed by atoms with Crippen LogP contribution in [-0.4, -0.2) is 13.4 Å². The Labute approximate surface area is 114 Å². The molecular weight excluding hydrogens is 266 g/mol. The topological polar surface area (TPSA) is 35.5 Å². The summed E-state index contributed by atoms with van der Waals surface area (Å²) >= 11 is 0. The SMILES string of the molecule is COc1ccc(COc2ccc(F)cc2C=O)c(F)c1. The number of benzene rings is 2. The molecular formula is C15H12F2O3. The zero-order valence-electron chi connectivity index (χ0n) is 10.7. The number of ether oxygens (including phenoxy) is 2. The number of hydrogen-bond donors (Lipinski definition) is 0. The highest BCUT2D eigenvalue weighted by atomic mass is 19.1. The Bertz CT molecular complexity index is 627. The van der Waals surface area contributed by atoms with Crippen LogP contribution in [0.2, 0.25) is 0 Å². The van der Waals surface area contributed by atoms with Crippen molar-refractivity contribution in [3.63, 3.8) is 0 Å². The Morgan fingerprint density at radius 1 is 1.15 bits per heavy atom. The molecule has 0 amide bonds. The maximum absolute atomic E-state index is 13.7. The molecule has 0 saturated heterocycles. The minimum Gasteiger partial charge on any atom is -0.497 e. The van der Waals surface area contributed by atoms with Crippen LogP contribution in [0.1, 0.15) is 15.9 Å². The van der Waals surface area contributed by atoms with Gasteiger partial charge in [-0.05, 0) is 30.3 Å². The summed E-state index contributed by atoms with van der Waals surface area (Å²) in [6, 6.07) is 7.94. The second-order valence-corrected chi connectivity index (χ2v) is 4.05. The van der Waals surface area contributed by atoms with Crippen LogP contribution < -0.4 is 9.47 Å².